The number of rotatable bonds is 3. The fraction of sp³-hybridized carbons (Fsp3) is 0.0909. The van der Waals surface area contributed by atoms with E-state index in [4.69, 9.17) is 11.6 Å². The summed E-state index contributed by atoms with van der Waals surface area (Å²) in [4.78, 5) is 24.3. The molecule has 2 rings (SSSR count). The standard InChI is InChI=1S/C11H10ClN3O4S/c1-15-6-7(2-3-10(15)16)14-20(18,19)8-4-9(12)11(17)13-5-8/h2-6,14H,1H3,(H,13,17). The minimum atomic E-state index is -3.90. The van der Waals surface area contributed by atoms with Crippen molar-refractivity contribution in [3.63, 3.8) is 0 Å². The smallest absolute Gasteiger partial charge is 0.266 e. The van der Waals surface area contributed by atoms with Gasteiger partial charge in [-0.05, 0) is 12.1 Å². The Labute approximate surface area is 118 Å². The third-order valence-corrected chi connectivity index (χ3v) is 4.12. The Morgan fingerprint density at radius 3 is 2.60 bits per heavy atom. The molecule has 0 saturated carbocycles. The van der Waals surface area contributed by atoms with Crippen molar-refractivity contribution in [3.8, 4) is 0 Å². The van der Waals surface area contributed by atoms with Gasteiger partial charge in [0.15, 0.2) is 0 Å². The predicted octanol–water partition coefficient (Wildman–Crippen LogP) is 0.528. The number of nitrogens with one attached hydrogen (secondary N) is 2. The largest absolute Gasteiger partial charge is 0.326 e. The second-order valence-corrected chi connectivity index (χ2v) is 6.07. The van der Waals surface area contributed by atoms with Crippen molar-refractivity contribution < 1.29 is 8.42 Å². The number of aryl methyl sites for hydroxylation is 1. The predicted molar refractivity (Wildman–Crippen MR) is 74.6 cm³/mol. The van der Waals surface area contributed by atoms with E-state index < -0.39 is 15.6 Å². The first-order valence-electron chi connectivity index (χ1n) is 5.37. The Morgan fingerprint density at radius 2 is 2.00 bits per heavy atom. The number of anilines is 1. The summed E-state index contributed by atoms with van der Waals surface area (Å²) >= 11 is 5.59. The van der Waals surface area contributed by atoms with E-state index in [1.165, 1.54) is 29.9 Å². The SMILES string of the molecule is Cn1cc(NS(=O)(=O)c2c[nH]c(=O)c(Cl)c2)ccc1=O. The lowest BCUT2D eigenvalue weighted by Crippen LogP contribution is -2.19. The zero-order chi connectivity index (χ0) is 14.9. The van der Waals surface area contributed by atoms with Crippen LogP contribution in [0.2, 0.25) is 5.02 Å². The topological polar surface area (TPSA) is 101 Å². The van der Waals surface area contributed by atoms with Gasteiger partial charge in [0.1, 0.15) is 9.92 Å². The van der Waals surface area contributed by atoms with Crippen molar-refractivity contribution in [1.29, 1.82) is 0 Å². The van der Waals surface area contributed by atoms with E-state index in [9.17, 15) is 18.0 Å². The van der Waals surface area contributed by atoms with Crippen LogP contribution in [-0.4, -0.2) is 18.0 Å². The van der Waals surface area contributed by atoms with Crippen LogP contribution in [0.25, 0.3) is 0 Å². The molecule has 2 N–H and O–H groups in total. The quantitative estimate of drug-likeness (QED) is 0.862. The molecule has 106 valence electrons. The highest BCUT2D eigenvalue weighted by Crippen LogP contribution is 2.15. The maximum Gasteiger partial charge on any atom is 0.266 e. The minimum absolute atomic E-state index is 0.184. The fourth-order valence-electron chi connectivity index (χ4n) is 1.46. The number of nitrogens with zero attached hydrogens (tertiary/aromatic N) is 1. The molecule has 2 aromatic rings. The molecule has 0 radical (unpaired) electrons. The highest BCUT2D eigenvalue weighted by Gasteiger charge is 2.16. The monoisotopic (exact) mass is 315 g/mol. The Morgan fingerprint density at radius 1 is 1.30 bits per heavy atom. The lowest BCUT2D eigenvalue weighted by Gasteiger charge is -2.08. The van der Waals surface area contributed by atoms with Crippen LogP contribution < -0.4 is 15.8 Å². The number of pyridine rings is 2. The highest BCUT2D eigenvalue weighted by molar-refractivity contribution is 7.92. The summed E-state index contributed by atoms with van der Waals surface area (Å²) in [6.45, 7) is 0. The van der Waals surface area contributed by atoms with Crippen LogP contribution in [-0.2, 0) is 17.1 Å². The van der Waals surface area contributed by atoms with Crippen molar-refractivity contribution in [2.75, 3.05) is 4.72 Å². The number of halogens is 1. The van der Waals surface area contributed by atoms with Gasteiger partial charge < -0.3 is 9.55 Å². The van der Waals surface area contributed by atoms with Crippen LogP contribution in [0.3, 0.4) is 0 Å². The number of hydrogen-bond acceptors (Lipinski definition) is 4. The first-order chi connectivity index (χ1) is 9.29. The van der Waals surface area contributed by atoms with E-state index in [-0.39, 0.29) is 21.2 Å². The summed E-state index contributed by atoms with van der Waals surface area (Å²) in [5, 5.41) is -0.228. The van der Waals surface area contributed by atoms with E-state index in [1.54, 1.807) is 0 Å². The number of aromatic nitrogens is 2. The van der Waals surface area contributed by atoms with Crippen LogP contribution in [0.5, 0.6) is 0 Å². The summed E-state index contributed by atoms with van der Waals surface area (Å²) < 4.78 is 27.7. The van der Waals surface area contributed by atoms with Gasteiger partial charge >= 0.3 is 0 Å². The molecule has 9 heteroatoms. The minimum Gasteiger partial charge on any atom is -0.326 e. The van der Waals surface area contributed by atoms with Crippen LogP contribution in [0.1, 0.15) is 0 Å². The second-order valence-electron chi connectivity index (χ2n) is 3.98. The summed E-state index contributed by atoms with van der Waals surface area (Å²) in [7, 11) is -2.41. The summed E-state index contributed by atoms with van der Waals surface area (Å²) in [6.07, 6.45) is 2.38. The normalized spacial score (nSPS) is 11.3. The maximum atomic E-state index is 12.1. The van der Waals surface area contributed by atoms with Crippen molar-refractivity contribution in [1.82, 2.24) is 9.55 Å². The molecule has 2 heterocycles. The zero-order valence-electron chi connectivity index (χ0n) is 10.3. The molecule has 0 bridgehead atoms. The Bertz CT molecular complexity index is 870. The number of aromatic amines is 1. The summed E-state index contributed by atoms with van der Waals surface area (Å²) in [6, 6.07) is 3.62. The van der Waals surface area contributed by atoms with E-state index in [1.807, 2.05) is 0 Å². The van der Waals surface area contributed by atoms with Gasteiger partial charge in [-0.2, -0.15) is 0 Å². The molecule has 0 amide bonds. The fourth-order valence-corrected chi connectivity index (χ4v) is 2.73. The molecule has 0 aliphatic rings. The molecule has 0 aliphatic heterocycles. The first-order valence-corrected chi connectivity index (χ1v) is 7.23. The van der Waals surface area contributed by atoms with Crippen molar-refractivity contribution in [3.05, 3.63) is 56.3 Å². The molecule has 0 fully saturated rings. The number of sulfonamides is 1. The Balaban J connectivity index is 2.40. The first kappa shape index (κ1) is 14.4. The molecule has 0 atom stereocenters. The van der Waals surface area contributed by atoms with Crippen LogP contribution >= 0.6 is 11.6 Å². The molecule has 0 spiro atoms. The molecule has 0 saturated heterocycles. The third kappa shape index (κ3) is 2.91. The third-order valence-electron chi connectivity index (χ3n) is 2.48. The van der Waals surface area contributed by atoms with Gasteiger partial charge in [-0.15, -0.1) is 0 Å². The van der Waals surface area contributed by atoms with Gasteiger partial charge in [0.25, 0.3) is 15.6 Å². The van der Waals surface area contributed by atoms with Gasteiger partial charge in [-0.25, -0.2) is 8.42 Å². The Hall–Kier alpha value is -2.06. The molecular formula is C11H10ClN3O4S. The maximum absolute atomic E-state index is 12.1. The number of hydrogen-bond donors (Lipinski definition) is 2. The Kier molecular flexibility index (Phi) is 3.69. The van der Waals surface area contributed by atoms with Crippen LogP contribution in [0.15, 0.2) is 45.1 Å². The van der Waals surface area contributed by atoms with Gasteiger partial charge in [-0.1, -0.05) is 11.6 Å². The average molecular weight is 316 g/mol. The summed E-state index contributed by atoms with van der Waals surface area (Å²) in [5.41, 5.74) is -0.623. The van der Waals surface area contributed by atoms with E-state index >= 15 is 0 Å². The number of H-pyrrole nitrogens is 1. The second kappa shape index (κ2) is 5.14. The summed E-state index contributed by atoms with van der Waals surface area (Å²) in [5.74, 6) is 0. The molecule has 0 aliphatic carbocycles. The van der Waals surface area contributed by atoms with E-state index in [2.05, 4.69) is 9.71 Å². The van der Waals surface area contributed by atoms with E-state index in [0.717, 1.165) is 12.3 Å². The van der Waals surface area contributed by atoms with Crippen molar-refractivity contribution >= 4 is 27.3 Å². The van der Waals surface area contributed by atoms with Gasteiger partial charge in [-0.3, -0.25) is 14.3 Å². The van der Waals surface area contributed by atoms with Crippen molar-refractivity contribution in [2.45, 2.75) is 4.90 Å². The molecule has 7 nitrogen and oxygen atoms in total. The van der Waals surface area contributed by atoms with Crippen molar-refractivity contribution in [2.24, 2.45) is 7.05 Å². The molecule has 2 aromatic heterocycles. The highest BCUT2D eigenvalue weighted by atomic mass is 35.5. The van der Waals surface area contributed by atoms with Gasteiger partial charge in [0, 0.05) is 25.5 Å². The molecule has 0 unspecified atom stereocenters. The van der Waals surface area contributed by atoms with Gasteiger partial charge in [0.05, 0.1) is 5.69 Å². The lowest BCUT2D eigenvalue weighted by molar-refractivity contribution is 0.600. The average Bonchev–Trinajstić information content (AvgIpc) is 2.37. The van der Waals surface area contributed by atoms with Crippen LogP contribution in [0, 0.1) is 0 Å². The zero-order valence-corrected chi connectivity index (χ0v) is 11.8. The van der Waals surface area contributed by atoms with E-state index in [0.29, 0.717) is 0 Å². The van der Waals surface area contributed by atoms with Gasteiger partial charge in [0.2, 0.25) is 5.56 Å². The molecule has 20 heavy (non-hydrogen) atoms. The van der Waals surface area contributed by atoms with Crippen LogP contribution in [0.4, 0.5) is 5.69 Å². The molecular weight excluding hydrogens is 306 g/mol. The molecule has 0 aromatic carbocycles. The lowest BCUT2D eigenvalue weighted by atomic mass is 10.4.